The van der Waals surface area contributed by atoms with Crippen molar-refractivity contribution in [1.82, 2.24) is 24.1 Å². The number of carbonyl (C=O) groups is 1. The molecule has 0 spiro atoms. The van der Waals surface area contributed by atoms with E-state index in [9.17, 15) is 13.2 Å². The van der Waals surface area contributed by atoms with Crippen molar-refractivity contribution < 1.29 is 13.2 Å². The van der Waals surface area contributed by atoms with E-state index in [0.29, 0.717) is 45.1 Å². The van der Waals surface area contributed by atoms with Gasteiger partial charge >= 0.3 is 0 Å². The van der Waals surface area contributed by atoms with E-state index in [1.54, 1.807) is 6.33 Å². The van der Waals surface area contributed by atoms with Gasteiger partial charge in [-0.1, -0.05) is 49.4 Å². The number of piperazine rings is 1. The van der Waals surface area contributed by atoms with Gasteiger partial charge in [0.05, 0.1) is 12.6 Å². The molecule has 0 saturated carbocycles. The van der Waals surface area contributed by atoms with E-state index < -0.39 is 16.1 Å². The Hall–Kier alpha value is -3.21. The predicted octanol–water partition coefficient (Wildman–Crippen LogP) is 2.80. The third kappa shape index (κ3) is 7.93. The van der Waals surface area contributed by atoms with Crippen molar-refractivity contribution in [3.05, 3.63) is 83.9 Å². The number of sulfonamides is 1. The van der Waals surface area contributed by atoms with E-state index >= 15 is 0 Å². The fraction of sp³-hybridized carbons (Fsp3) is 0.467. The summed E-state index contributed by atoms with van der Waals surface area (Å²) in [6, 6.07) is 18.0. The molecule has 2 heterocycles. The highest BCUT2D eigenvalue weighted by atomic mass is 32.2. The smallest absolute Gasteiger partial charge is 0.239 e. The average Bonchev–Trinajstić information content (AvgIpc) is 3.38. The van der Waals surface area contributed by atoms with Crippen LogP contribution in [0.5, 0.6) is 0 Å². The molecule has 0 bridgehead atoms. The summed E-state index contributed by atoms with van der Waals surface area (Å²) in [5.41, 5.74) is 4.61. The fourth-order valence-corrected chi connectivity index (χ4v) is 6.23. The average molecular weight is 567 g/mol. The van der Waals surface area contributed by atoms with Crippen molar-refractivity contribution in [2.75, 3.05) is 58.0 Å². The summed E-state index contributed by atoms with van der Waals surface area (Å²) in [6.07, 6.45) is 6.35. The molecule has 2 atom stereocenters. The number of anilines is 1. The molecule has 1 saturated heterocycles. The molecule has 4 rings (SSSR count). The number of nitrogens with one attached hydrogen (secondary N) is 1. The molecule has 10 heteroatoms. The molecule has 1 aromatic heterocycles. The van der Waals surface area contributed by atoms with Crippen LogP contribution in [-0.4, -0.2) is 92.2 Å². The Morgan fingerprint density at radius 1 is 1.10 bits per heavy atom. The summed E-state index contributed by atoms with van der Waals surface area (Å²) in [4.78, 5) is 21.9. The van der Waals surface area contributed by atoms with Gasteiger partial charge < -0.3 is 14.8 Å². The van der Waals surface area contributed by atoms with Gasteiger partial charge in [0, 0.05) is 70.8 Å². The zero-order valence-corrected chi connectivity index (χ0v) is 24.8. The van der Waals surface area contributed by atoms with Gasteiger partial charge in [0.1, 0.15) is 6.04 Å². The number of hydrogen-bond acceptors (Lipinski definition) is 6. The van der Waals surface area contributed by atoms with Crippen molar-refractivity contribution in [2.45, 2.75) is 38.3 Å². The van der Waals surface area contributed by atoms with E-state index in [4.69, 9.17) is 0 Å². The van der Waals surface area contributed by atoms with Crippen molar-refractivity contribution in [2.24, 2.45) is 0 Å². The van der Waals surface area contributed by atoms with Gasteiger partial charge in [-0.3, -0.25) is 9.69 Å². The minimum absolute atomic E-state index is 0.253. The highest BCUT2D eigenvalue weighted by Crippen LogP contribution is 2.21. The third-order valence-electron chi connectivity index (χ3n) is 7.68. The second-order valence-electron chi connectivity index (χ2n) is 10.9. The molecule has 0 aliphatic carbocycles. The maximum absolute atomic E-state index is 13.3. The van der Waals surface area contributed by atoms with E-state index in [-0.39, 0.29) is 5.91 Å². The Bertz CT molecular complexity index is 1340. The molecule has 1 amide bonds. The quantitative estimate of drug-likeness (QED) is 0.363. The summed E-state index contributed by atoms with van der Waals surface area (Å²) in [6.45, 7) is 5.44. The molecule has 1 fully saturated rings. The first kappa shape index (κ1) is 29.8. The number of aromatic nitrogens is 2. The Morgan fingerprint density at radius 3 is 2.50 bits per heavy atom. The zero-order chi connectivity index (χ0) is 28.7. The van der Waals surface area contributed by atoms with Gasteiger partial charge in [-0.15, -0.1) is 0 Å². The number of hydrogen-bond donors (Lipinski definition) is 1. The third-order valence-corrected chi connectivity index (χ3v) is 8.96. The van der Waals surface area contributed by atoms with Gasteiger partial charge in [-0.25, -0.2) is 13.4 Å². The van der Waals surface area contributed by atoms with Crippen molar-refractivity contribution in [1.29, 1.82) is 0 Å². The monoisotopic (exact) mass is 566 g/mol. The molecular formula is C30H42N6O3S. The normalized spacial score (nSPS) is 17.4. The fourth-order valence-electron chi connectivity index (χ4n) is 5.19. The molecule has 1 aliphatic rings. The van der Waals surface area contributed by atoms with E-state index in [1.807, 2.05) is 38.5 Å². The maximum atomic E-state index is 13.3. The minimum atomic E-state index is -3.51. The molecule has 2 unspecified atom stereocenters. The van der Waals surface area contributed by atoms with Crippen LogP contribution < -0.4 is 10.2 Å². The molecule has 1 N–H and O–H groups in total. The van der Waals surface area contributed by atoms with Crippen LogP contribution in [0.4, 0.5) is 5.69 Å². The Kier molecular flexibility index (Phi) is 9.99. The van der Waals surface area contributed by atoms with E-state index in [1.165, 1.54) is 21.7 Å². The molecule has 1 aliphatic heterocycles. The van der Waals surface area contributed by atoms with Gasteiger partial charge in [0.15, 0.2) is 0 Å². The highest BCUT2D eigenvalue weighted by molar-refractivity contribution is 7.88. The van der Waals surface area contributed by atoms with E-state index in [2.05, 4.69) is 68.0 Å². The van der Waals surface area contributed by atoms with Crippen LogP contribution in [0.3, 0.4) is 0 Å². The first-order valence-electron chi connectivity index (χ1n) is 13.9. The van der Waals surface area contributed by atoms with Crippen LogP contribution in [0.2, 0.25) is 0 Å². The van der Waals surface area contributed by atoms with Gasteiger partial charge in [-0.05, 0) is 42.1 Å². The number of nitrogens with zero attached hydrogens (tertiary/aromatic N) is 5. The van der Waals surface area contributed by atoms with Crippen molar-refractivity contribution >= 4 is 21.6 Å². The first-order chi connectivity index (χ1) is 19.1. The number of benzene rings is 2. The van der Waals surface area contributed by atoms with Crippen molar-refractivity contribution in [3.8, 4) is 0 Å². The highest BCUT2D eigenvalue weighted by Gasteiger charge is 2.37. The van der Waals surface area contributed by atoms with Crippen LogP contribution in [-0.2, 0) is 27.8 Å². The first-order valence-corrected chi connectivity index (χ1v) is 15.7. The number of rotatable bonds is 12. The van der Waals surface area contributed by atoms with Gasteiger partial charge in [-0.2, -0.15) is 4.31 Å². The molecule has 216 valence electrons. The maximum Gasteiger partial charge on any atom is 0.239 e. The van der Waals surface area contributed by atoms with Gasteiger partial charge in [0.25, 0.3) is 0 Å². The Balaban J connectivity index is 1.32. The summed E-state index contributed by atoms with van der Waals surface area (Å²) in [5, 5.41) is 3.00. The second kappa shape index (κ2) is 13.4. The SMILES string of the molecule is CC(CCN1CCN(S(C)(=O)=O)C(C(=O)NCCc2cncn2Cc2ccc(N(C)C)cc2)C1)c1ccccc1. The lowest BCUT2D eigenvalue weighted by Crippen LogP contribution is -2.60. The molecule has 40 heavy (non-hydrogen) atoms. The van der Waals surface area contributed by atoms with Crippen LogP contribution in [0, 0.1) is 0 Å². The molecule has 9 nitrogen and oxygen atoms in total. The lowest BCUT2D eigenvalue weighted by molar-refractivity contribution is -0.126. The lowest BCUT2D eigenvalue weighted by Gasteiger charge is -2.39. The molecule has 3 aromatic rings. The summed E-state index contributed by atoms with van der Waals surface area (Å²) in [7, 11) is 0.528. The summed E-state index contributed by atoms with van der Waals surface area (Å²) >= 11 is 0. The summed E-state index contributed by atoms with van der Waals surface area (Å²) in [5.74, 6) is 0.133. The second-order valence-corrected chi connectivity index (χ2v) is 12.8. The van der Waals surface area contributed by atoms with Crippen LogP contribution in [0.25, 0.3) is 0 Å². The predicted molar refractivity (Wildman–Crippen MR) is 160 cm³/mol. The molecular weight excluding hydrogens is 524 g/mol. The summed E-state index contributed by atoms with van der Waals surface area (Å²) < 4.78 is 28.4. The van der Waals surface area contributed by atoms with E-state index in [0.717, 1.165) is 24.3 Å². The Morgan fingerprint density at radius 2 is 1.82 bits per heavy atom. The molecule has 0 radical (unpaired) electrons. The van der Waals surface area contributed by atoms with Crippen LogP contribution >= 0.6 is 0 Å². The van der Waals surface area contributed by atoms with Crippen molar-refractivity contribution in [3.63, 3.8) is 0 Å². The standard InChI is InChI=1S/C30H42N6O3S/c1-24(26-8-6-5-7-9-26)15-17-34-18-19-36(40(4,38)39)29(22-34)30(37)32-16-14-28-20-31-23-35(28)21-25-10-12-27(13-11-25)33(2)3/h5-13,20,23-24,29H,14-19,21-22H2,1-4H3,(H,32,37). The van der Waals surface area contributed by atoms with Crippen LogP contribution in [0.1, 0.15) is 36.1 Å². The zero-order valence-electron chi connectivity index (χ0n) is 24.0. The topological polar surface area (TPSA) is 90.8 Å². The number of imidazole rings is 1. The number of amides is 1. The number of carbonyl (C=O) groups excluding carboxylic acids is 1. The van der Waals surface area contributed by atoms with Crippen LogP contribution in [0.15, 0.2) is 67.1 Å². The Labute approximate surface area is 238 Å². The molecule has 2 aromatic carbocycles. The van der Waals surface area contributed by atoms with Gasteiger partial charge in [0.2, 0.25) is 15.9 Å². The minimum Gasteiger partial charge on any atom is -0.378 e. The largest absolute Gasteiger partial charge is 0.378 e. The lowest BCUT2D eigenvalue weighted by atomic mass is 9.97.